The standard InChI is InChI=1S/C29H19BrN4O4/c30-19-10-12-24-18(13-19)14-26(38-24)28-33-23-8-4-3-7-21(23)29(36)34(28)32-15-22-20-6-2-1-5-17(20)9-11-25(22)37-16-27(31)35/h1-15H,16H2,(H2,31,35). The molecule has 2 N–H and O–H groups in total. The number of nitrogens with two attached hydrogens (primary N) is 1. The van der Waals surface area contributed by atoms with Crippen LogP contribution < -0.4 is 16.0 Å². The maximum atomic E-state index is 13.6. The largest absolute Gasteiger partial charge is 0.483 e. The lowest BCUT2D eigenvalue weighted by atomic mass is 10.0. The van der Waals surface area contributed by atoms with Crippen molar-refractivity contribution in [1.29, 1.82) is 0 Å². The van der Waals surface area contributed by atoms with E-state index in [0.717, 1.165) is 20.6 Å². The number of halogens is 1. The van der Waals surface area contributed by atoms with Gasteiger partial charge in [-0.25, -0.2) is 4.98 Å². The van der Waals surface area contributed by atoms with Crippen LogP contribution >= 0.6 is 15.9 Å². The highest BCUT2D eigenvalue weighted by Crippen LogP contribution is 2.30. The van der Waals surface area contributed by atoms with Crippen LogP contribution in [0.3, 0.4) is 0 Å². The molecule has 0 atom stereocenters. The fraction of sp³-hybridized carbons (Fsp3) is 0.0345. The van der Waals surface area contributed by atoms with Crippen molar-refractivity contribution >= 4 is 60.7 Å². The Balaban J connectivity index is 1.57. The quantitative estimate of drug-likeness (QED) is 0.268. The third-order valence-electron chi connectivity index (χ3n) is 6.06. The summed E-state index contributed by atoms with van der Waals surface area (Å²) >= 11 is 3.48. The molecule has 0 spiro atoms. The van der Waals surface area contributed by atoms with E-state index < -0.39 is 5.91 Å². The molecule has 0 saturated carbocycles. The van der Waals surface area contributed by atoms with Crippen molar-refractivity contribution in [1.82, 2.24) is 9.66 Å². The second-order valence-electron chi connectivity index (χ2n) is 8.56. The van der Waals surface area contributed by atoms with E-state index >= 15 is 0 Å². The summed E-state index contributed by atoms with van der Waals surface area (Å²) in [6, 6.07) is 25.8. The lowest BCUT2D eigenvalue weighted by Gasteiger charge is -2.11. The lowest BCUT2D eigenvalue weighted by molar-refractivity contribution is -0.119. The van der Waals surface area contributed by atoms with Crippen LogP contribution in [0.1, 0.15) is 5.56 Å². The summed E-state index contributed by atoms with van der Waals surface area (Å²) in [6.07, 6.45) is 1.53. The number of carbonyl (C=O) groups is 1. The fourth-order valence-electron chi connectivity index (χ4n) is 4.31. The number of para-hydroxylation sites is 1. The maximum absolute atomic E-state index is 13.6. The number of benzene rings is 4. The van der Waals surface area contributed by atoms with Crippen LogP contribution in [0.15, 0.2) is 104 Å². The molecule has 9 heteroatoms. The van der Waals surface area contributed by atoms with Gasteiger partial charge in [0, 0.05) is 15.4 Å². The number of hydrogen-bond acceptors (Lipinski definition) is 6. The van der Waals surface area contributed by atoms with Crippen molar-refractivity contribution in [2.24, 2.45) is 10.8 Å². The third-order valence-corrected chi connectivity index (χ3v) is 6.55. The Hall–Kier alpha value is -4.76. The molecule has 2 aromatic heterocycles. The van der Waals surface area contributed by atoms with Crippen molar-refractivity contribution in [3.8, 4) is 17.3 Å². The highest BCUT2D eigenvalue weighted by Gasteiger charge is 2.17. The Morgan fingerprint density at radius 1 is 1.00 bits per heavy atom. The van der Waals surface area contributed by atoms with Crippen LogP contribution in [0.25, 0.3) is 44.2 Å². The zero-order valence-electron chi connectivity index (χ0n) is 19.8. The van der Waals surface area contributed by atoms with Gasteiger partial charge >= 0.3 is 0 Å². The Labute approximate surface area is 224 Å². The molecule has 0 aliphatic heterocycles. The normalized spacial score (nSPS) is 11.6. The van der Waals surface area contributed by atoms with Crippen molar-refractivity contribution in [2.45, 2.75) is 0 Å². The first-order chi connectivity index (χ1) is 18.5. The first-order valence-electron chi connectivity index (χ1n) is 11.7. The summed E-state index contributed by atoms with van der Waals surface area (Å²) in [5.41, 5.74) is 6.71. The molecule has 0 fully saturated rings. The summed E-state index contributed by atoms with van der Waals surface area (Å²) in [7, 11) is 0. The number of primary amides is 1. The Bertz CT molecular complexity index is 1960. The molecular formula is C29H19BrN4O4. The van der Waals surface area contributed by atoms with Gasteiger partial charge in [-0.1, -0.05) is 58.4 Å². The third kappa shape index (κ3) is 4.33. The van der Waals surface area contributed by atoms with Crippen LogP contribution in [-0.2, 0) is 4.79 Å². The van der Waals surface area contributed by atoms with E-state index in [1.165, 1.54) is 10.9 Å². The van der Waals surface area contributed by atoms with Crippen LogP contribution in [0.4, 0.5) is 0 Å². The van der Waals surface area contributed by atoms with E-state index in [1.807, 2.05) is 60.7 Å². The highest BCUT2D eigenvalue weighted by atomic mass is 79.9. The zero-order chi connectivity index (χ0) is 26.2. The topological polar surface area (TPSA) is 113 Å². The second kappa shape index (κ2) is 9.60. The molecule has 4 aromatic carbocycles. The monoisotopic (exact) mass is 566 g/mol. The van der Waals surface area contributed by atoms with Gasteiger partial charge < -0.3 is 14.9 Å². The molecule has 0 saturated heterocycles. The first kappa shape index (κ1) is 23.6. The van der Waals surface area contributed by atoms with Gasteiger partial charge in [-0.05, 0) is 53.2 Å². The van der Waals surface area contributed by atoms with E-state index in [2.05, 4.69) is 21.0 Å². The molecule has 186 valence electrons. The zero-order valence-corrected chi connectivity index (χ0v) is 21.4. The van der Waals surface area contributed by atoms with Gasteiger partial charge in [0.2, 0.25) is 5.82 Å². The van der Waals surface area contributed by atoms with E-state index in [-0.39, 0.29) is 18.0 Å². The molecule has 38 heavy (non-hydrogen) atoms. The Kier molecular flexibility index (Phi) is 5.97. The van der Waals surface area contributed by atoms with Crippen molar-refractivity contribution in [3.63, 3.8) is 0 Å². The smallest absolute Gasteiger partial charge is 0.282 e. The van der Waals surface area contributed by atoms with Crippen LogP contribution in [-0.4, -0.2) is 28.4 Å². The molecule has 1 amide bonds. The fourth-order valence-corrected chi connectivity index (χ4v) is 4.69. The number of aromatic nitrogens is 2. The molecule has 0 bridgehead atoms. The molecule has 8 nitrogen and oxygen atoms in total. The number of nitrogens with zero attached hydrogens (tertiary/aromatic N) is 3. The summed E-state index contributed by atoms with van der Waals surface area (Å²) in [4.78, 5) is 29.8. The van der Waals surface area contributed by atoms with Gasteiger partial charge in [0.05, 0.1) is 17.1 Å². The predicted molar refractivity (Wildman–Crippen MR) is 151 cm³/mol. The van der Waals surface area contributed by atoms with Gasteiger partial charge in [0.15, 0.2) is 12.4 Å². The molecule has 2 heterocycles. The number of fused-ring (bicyclic) bond motifs is 3. The Morgan fingerprint density at radius 2 is 1.79 bits per heavy atom. The van der Waals surface area contributed by atoms with E-state index in [4.69, 9.17) is 19.9 Å². The maximum Gasteiger partial charge on any atom is 0.282 e. The van der Waals surface area contributed by atoms with Crippen LogP contribution in [0, 0.1) is 0 Å². The summed E-state index contributed by atoms with van der Waals surface area (Å²) in [5, 5.41) is 7.61. The van der Waals surface area contributed by atoms with E-state index in [9.17, 15) is 9.59 Å². The highest BCUT2D eigenvalue weighted by molar-refractivity contribution is 9.10. The van der Waals surface area contributed by atoms with Gasteiger partial charge in [0.25, 0.3) is 11.5 Å². The Morgan fingerprint density at radius 3 is 2.63 bits per heavy atom. The van der Waals surface area contributed by atoms with Crippen molar-refractivity contribution in [2.75, 3.05) is 6.61 Å². The van der Waals surface area contributed by atoms with E-state index in [1.54, 1.807) is 24.3 Å². The van der Waals surface area contributed by atoms with Crippen molar-refractivity contribution < 1.29 is 13.9 Å². The van der Waals surface area contributed by atoms with Crippen LogP contribution in [0.2, 0.25) is 0 Å². The van der Waals surface area contributed by atoms with E-state index in [0.29, 0.717) is 33.6 Å². The molecule has 6 aromatic rings. The second-order valence-corrected chi connectivity index (χ2v) is 9.48. The van der Waals surface area contributed by atoms with Gasteiger partial charge in [0.1, 0.15) is 11.3 Å². The van der Waals surface area contributed by atoms with Gasteiger partial charge in [-0.15, -0.1) is 0 Å². The number of rotatable bonds is 6. The minimum Gasteiger partial charge on any atom is -0.483 e. The molecular weight excluding hydrogens is 548 g/mol. The SMILES string of the molecule is NC(=O)COc1ccc2ccccc2c1C=Nn1c(-c2cc3cc(Br)ccc3o2)nc2ccccc2c1=O. The summed E-state index contributed by atoms with van der Waals surface area (Å²) in [5.74, 6) is 0.441. The van der Waals surface area contributed by atoms with Gasteiger partial charge in [-0.2, -0.15) is 9.78 Å². The lowest BCUT2D eigenvalue weighted by Crippen LogP contribution is -2.21. The molecule has 0 radical (unpaired) electrons. The predicted octanol–water partition coefficient (Wildman–Crippen LogP) is 5.47. The number of furan rings is 1. The molecule has 6 rings (SSSR count). The number of hydrogen-bond donors (Lipinski definition) is 1. The number of amides is 1. The number of carbonyl (C=O) groups excluding carboxylic acids is 1. The minimum atomic E-state index is -0.602. The molecule has 0 aliphatic rings. The minimum absolute atomic E-state index is 0.247. The van der Waals surface area contributed by atoms with Gasteiger partial charge in [-0.3, -0.25) is 9.59 Å². The number of ether oxygens (including phenoxy) is 1. The van der Waals surface area contributed by atoms with Crippen LogP contribution in [0.5, 0.6) is 5.75 Å². The average molecular weight is 567 g/mol. The molecule has 0 unspecified atom stereocenters. The summed E-state index contributed by atoms with van der Waals surface area (Å²) < 4.78 is 13.9. The summed E-state index contributed by atoms with van der Waals surface area (Å²) in [6.45, 7) is -0.295. The molecule has 0 aliphatic carbocycles. The first-order valence-corrected chi connectivity index (χ1v) is 12.5. The average Bonchev–Trinajstić information content (AvgIpc) is 3.34. The van der Waals surface area contributed by atoms with Crippen molar-refractivity contribution in [3.05, 3.63) is 105 Å².